The van der Waals surface area contributed by atoms with Gasteiger partial charge in [0.25, 0.3) is 0 Å². The van der Waals surface area contributed by atoms with Crippen molar-refractivity contribution in [1.82, 2.24) is 4.98 Å². The minimum absolute atomic E-state index is 0.0176. The molecular formula is C14H15NO2S. The van der Waals surface area contributed by atoms with Gasteiger partial charge in [-0.2, -0.15) is 0 Å². The summed E-state index contributed by atoms with van der Waals surface area (Å²) in [5.41, 5.74) is 2.68. The highest BCUT2D eigenvalue weighted by Crippen LogP contribution is 2.22. The first-order chi connectivity index (χ1) is 8.56. The summed E-state index contributed by atoms with van der Waals surface area (Å²) in [6.45, 7) is 5.87. The second-order valence-electron chi connectivity index (χ2n) is 4.23. The number of benzene rings is 1. The minimum atomic E-state index is 0.0176. The number of Topliss-reactive ketones (excluding diaryl/α,β-unsaturated/α-hetero) is 1. The number of thiazole rings is 1. The molecule has 3 nitrogen and oxygen atoms in total. The van der Waals surface area contributed by atoms with Crippen molar-refractivity contribution < 1.29 is 9.53 Å². The molecule has 94 valence electrons. The molecule has 0 bridgehead atoms. The average Bonchev–Trinajstić information content (AvgIpc) is 2.73. The van der Waals surface area contributed by atoms with Crippen molar-refractivity contribution in [2.24, 2.45) is 0 Å². The van der Waals surface area contributed by atoms with Crippen LogP contribution in [0.5, 0.6) is 5.75 Å². The van der Waals surface area contributed by atoms with Crippen LogP contribution in [0.4, 0.5) is 0 Å². The van der Waals surface area contributed by atoms with Crippen LogP contribution in [0.2, 0.25) is 0 Å². The zero-order chi connectivity index (χ0) is 13.1. The van der Waals surface area contributed by atoms with E-state index in [9.17, 15) is 4.79 Å². The number of rotatable bonds is 4. The van der Waals surface area contributed by atoms with Gasteiger partial charge in [-0.05, 0) is 32.9 Å². The number of ether oxygens (including phenoxy) is 1. The maximum Gasteiger partial charge on any atom is 0.163 e. The fourth-order valence-electron chi connectivity index (χ4n) is 1.65. The van der Waals surface area contributed by atoms with E-state index in [4.69, 9.17) is 4.74 Å². The topological polar surface area (TPSA) is 39.2 Å². The lowest BCUT2D eigenvalue weighted by Gasteiger charge is -2.09. The lowest BCUT2D eigenvalue weighted by Crippen LogP contribution is -2.02. The molecule has 0 spiro atoms. The summed E-state index contributed by atoms with van der Waals surface area (Å²) in [4.78, 5) is 15.9. The second kappa shape index (κ2) is 5.31. The molecule has 0 saturated heterocycles. The molecule has 1 heterocycles. The number of hydrogen-bond donors (Lipinski definition) is 0. The SMILES string of the molecule is CC(=O)c1cc(C)ccc1OCc1nc(C)cs1. The Morgan fingerprint density at radius 2 is 2.17 bits per heavy atom. The van der Waals surface area contributed by atoms with E-state index in [0.29, 0.717) is 17.9 Å². The largest absolute Gasteiger partial charge is 0.486 e. The molecule has 0 aliphatic rings. The summed E-state index contributed by atoms with van der Waals surface area (Å²) in [5.74, 6) is 0.643. The number of aryl methyl sites for hydroxylation is 2. The van der Waals surface area contributed by atoms with Gasteiger partial charge in [0.2, 0.25) is 0 Å². The van der Waals surface area contributed by atoms with E-state index in [-0.39, 0.29) is 5.78 Å². The van der Waals surface area contributed by atoms with Crippen LogP contribution in [0.3, 0.4) is 0 Å². The average molecular weight is 261 g/mol. The van der Waals surface area contributed by atoms with Crippen LogP contribution in [0, 0.1) is 13.8 Å². The maximum absolute atomic E-state index is 11.5. The maximum atomic E-state index is 11.5. The number of hydrogen-bond acceptors (Lipinski definition) is 4. The highest BCUT2D eigenvalue weighted by molar-refractivity contribution is 7.09. The van der Waals surface area contributed by atoms with Gasteiger partial charge in [-0.1, -0.05) is 11.6 Å². The molecule has 0 radical (unpaired) electrons. The second-order valence-corrected chi connectivity index (χ2v) is 5.17. The number of aromatic nitrogens is 1. The Labute approximate surface area is 110 Å². The van der Waals surface area contributed by atoms with Crippen molar-refractivity contribution in [2.75, 3.05) is 0 Å². The quantitative estimate of drug-likeness (QED) is 0.790. The Morgan fingerprint density at radius 3 is 2.78 bits per heavy atom. The number of ketones is 1. The standard InChI is InChI=1S/C14H15NO2S/c1-9-4-5-13(12(6-9)11(3)16)17-7-14-15-10(2)8-18-14/h4-6,8H,7H2,1-3H3. The third kappa shape index (κ3) is 2.96. The molecule has 0 aliphatic carbocycles. The van der Waals surface area contributed by atoms with Crippen molar-refractivity contribution in [1.29, 1.82) is 0 Å². The summed E-state index contributed by atoms with van der Waals surface area (Å²) < 4.78 is 5.68. The first kappa shape index (κ1) is 12.8. The van der Waals surface area contributed by atoms with Gasteiger partial charge in [0.05, 0.1) is 5.56 Å². The van der Waals surface area contributed by atoms with Crippen LogP contribution >= 0.6 is 11.3 Å². The Balaban J connectivity index is 2.16. The Hall–Kier alpha value is -1.68. The van der Waals surface area contributed by atoms with Crippen LogP contribution < -0.4 is 4.74 Å². The summed E-state index contributed by atoms with van der Waals surface area (Å²) in [6, 6.07) is 5.63. The van der Waals surface area contributed by atoms with E-state index in [1.165, 1.54) is 0 Å². The van der Waals surface area contributed by atoms with Crippen molar-refractivity contribution >= 4 is 17.1 Å². The van der Waals surface area contributed by atoms with Crippen LogP contribution in [0.15, 0.2) is 23.6 Å². The van der Waals surface area contributed by atoms with Gasteiger partial charge >= 0.3 is 0 Å². The molecule has 0 N–H and O–H groups in total. The third-order valence-corrected chi connectivity index (χ3v) is 3.47. The van der Waals surface area contributed by atoms with Gasteiger partial charge in [0.1, 0.15) is 17.4 Å². The van der Waals surface area contributed by atoms with E-state index in [1.54, 1.807) is 18.3 Å². The van der Waals surface area contributed by atoms with Gasteiger partial charge in [-0.25, -0.2) is 4.98 Å². The fourth-order valence-corrected chi connectivity index (χ4v) is 2.34. The van der Waals surface area contributed by atoms with Gasteiger partial charge in [0, 0.05) is 11.1 Å². The third-order valence-electron chi connectivity index (χ3n) is 2.53. The van der Waals surface area contributed by atoms with Gasteiger partial charge < -0.3 is 4.74 Å². The summed E-state index contributed by atoms with van der Waals surface area (Å²) >= 11 is 1.57. The van der Waals surface area contributed by atoms with E-state index >= 15 is 0 Å². The zero-order valence-corrected chi connectivity index (χ0v) is 11.5. The Morgan fingerprint density at radius 1 is 1.39 bits per heavy atom. The van der Waals surface area contributed by atoms with E-state index < -0.39 is 0 Å². The first-order valence-corrected chi connectivity index (χ1v) is 6.59. The highest BCUT2D eigenvalue weighted by Gasteiger charge is 2.09. The van der Waals surface area contributed by atoms with Crippen LogP contribution in [0.1, 0.15) is 33.5 Å². The Bertz CT molecular complexity index is 575. The van der Waals surface area contributed by atoms with Gasteiger partial charge in [-0.15, -0.1) is 11.3 Å². The number of carbonyl (C=O) groups excluding carboxylic acids is 1. The van der Waals surface area contributed by atoms with Gasteiger partial charge in [0.15, 0.2) is 5.78 Å². The molecule has 4 heteroatoms. The molecule has 2 aromatic rings. The predicted octanol–water partition coefficient (Wildman–Crippen LogP) is 3.54. The normalized spacial score (nSPS) is 10.4. The summed E-state index contributed by atoms with van der Waals surface area (Å²) in [6.07, 6.45) is 0. The first-order valence-electron chi connectivity index (χ1n) is 5.71. The van der Waals surface area contributed by atoms with Gasteiger partial charge in [-0.3, -0.25) is 4.79 Å². The molecule has 2 rings (SSSR count). The number of nitrogens with zero attached hydrogens (tertiary/aromatic N) is 1. The monoisotopic (exact) mass is 261 g/mol. The lowest BCUT2D eigenvalue weighted by molar-refractivity contribution is 0.101. The van der Waals surface area contributed by atoms with Crippen molar-refractivity contribution in [3.8, 4) is 5.75 Å². The molecule has 0 amide bonds. The summed E-state index contributed by atoms with van der Waals surface area (Å²) in [7, 11) is 0. The molecular weight excluding hydrogens is 246 g/mol. The molecule has 0 atom stereocenters. The molecule has 18 heavy (non-hydrogen) atoms. The molecule has 0 saturated carbocycles. The van der Waals surface area contributed by atoms with E-state index in [2.05, 4.69) is 4.98 Å². The van der Waals surface area contributed by atoms with Crippen molar-refractivity contribution in [3.05, 3.63) is 45.4 Å². The highest BCUT2D eigenvalue weighted by atomic mass is 32.1. The zero-order valence-electron chi connectivity index (χ0n) is 10.7. The van der Waals surface area contributed by atoms with Crippen molar-refractivity contribution in [3.63, 3.8) is 0 Å². The molecule has 0 unspecified atom stereocenters. The van der Waals surface area contributed by atoms with E-state index in [0.717, 1.165) is 16.3 Å². The van der Waals surface area contributed by atoms with Crippen LogP contribution in [-0.2, 0) is 6.61 Å². The predicted molar refractivity (Wildman–Crippen MR) is 72.4 cm³/mol. The van der Waals surface area contributed by atoms with Crippen LogP contribution in [0.25, 0.3) is 0 Å². The molecule has 0 aliphatic heterocycles. The lowest BCUT2D eigenvalue weighted by atomic mass is 10.1. The van der Waals surface area contributed by atoms with Crippen molar-refractivity contribution in [2.45, 2.75) is 27.4 Å². The molecule has 0 fully saturated rings. The Kier molecular flexibility index (Phi) is 3.77. The molecule has 1 aromatic heterocycles. The fraction of sp³-hybridized carbons (Fsp3) is 0.286. The van der Waals surface area contributed by atoms with E-state index in [1.807, 2.05) is 37.4 Å². The number of carbonyl (C=O) groups is 1. The summed E-state index contributed by atoms with van der Waals surface area (Å²) in [5, 5.41) is 2.90. The smallest absolute Gasteiger partial charge is 0.163 e. The minimum Gasteiger partial charge on any atom is -0.486 e. The van der Waals surface area contributed by atoms with Crippen LogP contribution in [-0.4, -0.2) is 10.8 Å². The molecule has 1 aromatic carbocycles.